The lowest BCUT2D eigenvalue weighted by Crippen LogP contribution is -2.17. The largest absolute Gasteiger partial charge is 0.486 e. The molecule has 0 spiro atoms. The summed E-state index contributed by atoms with van der Waals surface area (Å²) in [5, 5.41) is 12.4. The Morgan fingerprint density at radius 3 is 2.60 bits per heavy atom. The van der Waals surface area contributed by atoms with Crippen molar-refractivity contribution in [2.24, 2.45) is 0 Å². The van der Waals surface area contributed by atoms with Gasteiger partial charge in [-0.3, -0.25) is 9.36 Å². The number of esters is 1. The molecule has 10 heteroatoms. The Hall–Kier alpha value is -3.11. The van der Waals surface area contributed by atoms with E-state index in [0.717, 1.165) is 22.6 Å². The Balaban J connectivity index is 1.65. The van der Waals surface area contributed by atoms with Gasteiger partial charge in [0.25, 0.3) is 0 Å². The number of allylic oxidation sites excluding steroid dienone is 1. The molecule has 2 heterocycles. The second-order valence-corrected chi connectivity index (χ2v) is 9.80. The van der Waals surface area contributed by atoms with E-state index in [1.165, 1.54) is 28.7 Å². The van der Waals surface area contributed by atoms with E-state index in [9.17, 15) is 9.59 Å². The van der Waals surface area contributed by atoms with E-state index in [0.29, 0.717) is 28.1 Å². The van der Waals surface area contributed by atoms with Crippen LogP contribution in [0.3, 0.4) is 0 Å². The minimum absolute atomic E-state index is 0.104. The number of carbonyl (C=O) groups is 2. The van der Waals surface area contributed by atoms with Gasteiger partial charge in [0.15, 0.2) is 11.0 Å². The zero-order chi connectivity index (χ0) is 25.4. The molecule has 1 amide bonds. The summed E-state index contributed by atoms with van der Waals surface area (Å²) in [4.78, 5) is 26.0. The molecule has 0 aliphatic rings. The van der Waals surface area contributed by atoms with Crippen molar-refractivity contribution in [1.82, 2.24) is 14.8 Å². The average molecular weight is 515 g/mol. The number of benzene rings is 1. The number of hydrogen-bond acceptors (Lipinski definition) is 8. The van der Waals surface area contributed by atoms with Crippen LogP contribution in [0.1, 0.15) is 46.0 Å². The lowest BCUT2D eigenvalue weighted by Gasteiger charge is -2.10. The second kappa shape index (κ2) is 12.6. The summed E-state index contributed by atoms with van der Waals surface area (Å²) < 4.78 is 12.9. The molecule has 0 unspecified atom stereocenters. The molecule has 8 nitrogen and oxygen atoms in total. The fraction of sp³-hybridized carbons (Fsp3) is 0.360. The number of hydrogen-bond donors (Lipinski definition) is 1. The fourth-order valence-corrected chi connectivity index (χ4v) is 5.10. The molecular formula is C25H30N4O4S2. The third kappa shape index (κ3) is 6.73. The maximum absolute atomic E-state index is 12.7. The highest BCUT2D eigenvalue weighted by Crippen LogP contribution is 2.33. The zero-order valence-electron chi connectivity index (χ0n) is 20.4. The van der Waals surface area contributed by atoms with Gasteiger partial charge in [0, 0.05) is 11.4 Å². The first-order chi connectivity index (χ1) is 16.9. The number of nitrogens with one attached hydrogen (secondary N) is 1. The van der Waals surface area contributed by atoms with Crippen molar-refractivity contribution in [1.29, 1.82) is 0 Å². The van der Waals surface area contributed by atoms with Gasteiger partial charge in [0.05, 0.1) is 17.9 Å². The van der Waals surface area contributed by atoms with Crippen molar-refractivity contribution >= 4 is 40.0 Å². The van der Waals surface area contributed by atoms with Crippen molar-refractivity contribution in [3.05, 3.63) is 64.3 Å². The monoisotopic (exact) mass is 514 g/mol. The highest BCUT2D eigenvalue weighted by atomic mass is 32.2. The summed E-state index contributed by atoms with van der Waals surface area (Å²) >= 11 is 2.62. The molecule has 3 rings (SSSR count). The van der Waals surface area contributed by atoms with Crippen LogP contribution >= 0.6 is 23.1 Å². The molecule has 0 saturated heterocycles. The van der Waals surface area contributed by atoms with Crippen LogP contribution in [-0.4, -0.2) is 39.0 Å². The summed E-state index contributed by atoms with van der Waals surface area (Å²) in [6, 6.07) is 7.94. The standard InChI is InChI=1S/C25H30N4O4S2/c1-6-13-29-20(14-33-19-11-9-18(7-2)10-12-19)27-28-25(29)34-15-21(30)26-23-22(24(31)32-8-3)16(4)17(5)35-23/h6,9-12H,1,7-8,13-15H2,2-5H3,(H,26,30). The maximum Gasteiger partial charge on any atom is 0.341 e. The smallest absolute Gasteiger partial charge is 0.341 e. The first-order valence-corrected chi connectivity index (χ1v) is 13.1. The Kier molecular flexibility index (Phi) is 9.50. The minimum atomic E-state index is -0.433. The van der Waals surface area contributed by atoms with Crippen LogP contribution in [0.15, 0.2) is 42.1 Å². The zero-order valence-corrected chi connectivity index (χ0v) is 22.1. The van der Waals surface area contributed by atoms with E-state index in [1.54, 1.807) is 13.0 Å². The number of aromatic nitrogens is 3. The summed E-state index contributed by atoms with van der Waals surface area (Å²) in [5.41, 5.74) is 2.47. The van der Waals surface area contributed by atoms with Gasteiger partial charge in [-0.05, 0) is 50.5 Å². The number of nitrogens with zero attached hydrogens (tertiary/aromatic N) is 3. The van der Waals surface area contributed by atoms with E-state index in [1.807, 2.05) is 42.7 Å². The lowest BCUT2D eigenvalue weighted by atomic mass is 10.1. The predicted octanol–water partition coefficient (Wildman–Crippen LogP) is 5.19. The van der Waals surface area contributed by atoms with Crippen LogP contribution in [0.5, 0.6) is 5.75 Å². The predicted molar refractivity (Wildman–Crippen MR) is 139 cm³/mol. The van der Waals surface area contributed by atoms with Crippen molar-refractivity contribution < 1.29 is 19.1 Å². The molecule has 0 saturated carbocycles. The van der Waals surface area contributed by atoms with Gasteiger partial charge in [-0.2, -0.15) is 0 Å². The summed E-state index contributed by atoms with van der Waals surface area (Å²) in [6.45, 7) is 12.4. The van der Waals surface area contributed by atoms with Gasteiger partial charge in [-0.25, -0.2) is 4.79 Å². The Labute approximate surface area is 213 Å². The molecule has 2 aromatic heterocycles. The summed E-state index contributed by atoms with van der Waals surface area (Å²) in [7, 11) is 0. The van der Waals surface area contributed by atoms with Crippen molar-refractivity contribution in [3.8, 4) is 5.75 Å². The Morgan fingerprint density at radius 2 is 1.94 bits per heavy atom. The topological polar surface area (TPSA) is 95.3 Å². The van der Waals surface area contributed by atoms with Crippen LogP contribution in [0.2, 0.25) is 0 Å². The SMILES string of the molecule is C=CCn1c(COc2ccc(CC)cc2)nnc1SCC(=O)Nc1sc(C)c(C)c1C(=O)OCC. The van der Waals surface area contributed by atoms with E-state index in [4.69, 9.17) is 9.47 Å². The van der Waals surface area contributed by atoms with Gasteiger partial charge >= 0.3 is 5.97 Å². The van der Waals surface area contributed by atoms with E-state index in [2.05, 4.69) is 29.0 Å². The minimum Gasteiger partial charge on any atom is -0.486 e. The first-order valence-electron chi connectivity index (χ1n) is 11.3. The normalized spacial score (nSPS) is 10.7. The quantitative estimate of drug-likeness (QED) is 0.202. The third-order valence-corrected chi connectivity index (χ3v) is 7.34. The Bertz CT molecular complexity index is 1190. The van der Waals surface area contributed by atoms with E-state index >= 15 is 0 Å². The average Bonchev–Trinajstić information content (AvgIpc) is 3.36. The maximum atomic E-state index is 12.7. The van der Waals surface area contributed by atoms with Crippen LogP contribution < -0.4 is 10.1 Å². The van der Waals surface area contributed by atoms with Crippen LogP contribution in [0, 0.1) is 13.8 Å². The first kappa shape index (κ1) is 26.5. The second-order valence-electron chi connectivity index (χ2n) is 7.63. The Morgan fingerprint density at radius 1 is 1.20 bits per heavy atom. The van der Waals surface area contributed by atoms with E-state index in [-0.39, 0.29) is 24.9 Å². The number of amides is 1. The molecule has 0 atom stereocenters. The third-order valence-electron chi connectivity index (χ3n) is 5.25. The van der Waals surface area contributed by atoms with Crippen molar-refractivity contribution in [3.63, 3.8) is 0 Å². The van der Waals surface area contributed by atoms with Crippen LogP contribution in [-0.2, 0) is 29.1 Å². The lowest BCUT2D eigenvalue weighted by molar-refractivity contribution is -0.113. The fourth-order valence-electron chi connectivity index (χ4n) is 3.27. The molecule has 1 aromatic carbocycles. The van der Waals surface area contributed by atoms with Gasteiger partial charge in [-0.15, -0.1) is 28.1 Å². The molecule has 35 heavy (non-hydrogen) atoms. The van der Waals surface area contributed by atoms with Gasteiger partial charge < -0.3 is 14.8 Å². The molecule has 1 N–H and O–H groups in total. The number of carbonyl (C=O) groups excluding carboxylic acids is 2. The number of thioether (sulfide) groups is 1. The highest BCUT2D eigenvalue weighted by molar-refractivity contribution is 7.99. The number of thiophene rings is 1. The molecule has 186 valence electrons. The molecule has 0 radical (unpaired) electrons. The molecule has 0 fully saturated rings. The molecule has 0 aliphatic carbocycles. The summed E-state index contributed by atoms with van der Waals surface area (Å²) in [6.07, 6.45) is 2.72. The van der Waals surface area contributed by atoms with Crippen molar-refractivity contribution in [2.75, 3.05) is 17.7 Å². The highest BCUT2D eigenvalue weighted by Gasteiger charge is 2.22. The van der Waals surface area contributed by atoms with Gasteiger partial charge in [0.1, 0.15) is 17.4 Å². The van der Waals surface area contributed by atoms with Gasteiger partial charge in [0.2, 0.25) is 5.91 Å². The number of ether oxygens (including phenoxy) is 2. The van der Waals surface area contributed by atoms with E-state index < -0.39 is 5.97 Å². The van der Waals surface area contributed by atoms with Crippen LogP contribution in [0.25, 0.3) is 0 Å². The molecule has 3 aromatic rings. The molecular weight excluding hydrogens is 484 g/mol. The molecule has 0 bridgehead atoms. The number of rotatable bonds is 12. The van der Waals surface area contributed by atoms with Crippen LogP contribution in [0.4, 0.5) is 5.00 Å². The number of aryl methyl sites for hydroxylation is 2. The molecule has 0 aliphatic heterocycles. The summed E-state index contributed by atoms with van der Waals surface area (Å²) in [5.74, 6) is 0.817. The number of anilines is 1. The van der Waals surface area contributed by atoms with Crippen molar-refractivity contribution in [2.45, 2.75) is 52.4 Å². The van der Waals surface area contributed by atoms with Gasteiger partial charge in [-0.1, -0.05) is 36.9 Å².